The molecule has 0 bridgehead atoms. The van der Waals surface area contributed by atoms with Crippen molar-refractivity contribution in [3.8, 4) is 0 Å². The van der Waals surface area contributed by atoms with Crippen molar-refractivity contribution in [2.24, 2.45) is 0 Å². The molecule has 30 heavy (non-hydrogen) atoms. The van der Waals surface area contributed by atoms with Gasteiger partial charge in [0.2, 0.25) is 5.41 Å². The number of hydrogen-bond acceptors (Lipinski definition) is 7. The number of Topliss-reactive ketones (excluding diaryl/α,β-unsaturated/α-hetero) is 2. The Kier molecular flexibility index (Phi) is 4.63. The van der Waals surface area contributed by atoms with Gasteiger partial charge in [-0.1, -0.05) is 48.5 Å². The fourth-order valence-electron chi connectivity index (χ4n) is 4.43. The number of methoxy groups -OCH3 is 3. The summed E-state index contributed by atoms with van der Waals surface area (Å²) < 4.78 is 15.6. The zero-order chi connectivity index (χ0) is 21.6. The molecule has 0 aliphatic heterocycles. The van der Waals surface area contributed by atoms with Crippen LogP contribution in [0.2, 0.25) is 0 Å². The normalized spacial score (nSPS) is 18.8. The number of benzene rings is 2. The molecule has 0 aromatic heterocycles. The van der Waals surface area contributed by atoms with E-state index in [0.717, 1.165) is 14.2 Å². The summed E-state index contributed by atoms with van der Waals surface area (Å²) in [6.45, 7) is 0. The smallest absolute Gasteiger partial charge is 0.332 e. The van der Waals surface area contributed by atoms with Crippen LogP contribution in [-0.4, -0.2) is 44.8 Å². The third kappa shape index (κ3) is 2.29. The maximum atomic E-state index is 13.6. The summed E-state index contributed by atoms with van der Waals surface area (Å²) in [6, 6.07) is 12.8. The average molecular weight is 406 g/mol. The predicted octanol–water partition coefficient (Wildman–Crippen LogP) is 2.35. The molecule has 0 radical (unpaired) electrons. The van der Waals surface area contributed by atoms with Crippen LogP contribution in [0.1, 0.15) is 37.9 Å². The van der Waals surface area contributed by atoms with Crippen LogP contribution in [-0.2, 0) is 29.2 Å². The summed E-state index contributed by atoms with van der Waals surface area (Å²) >= 11 is 0. The minimum Gasteiger partial charge on any atom is -0.468 e. The summed E-state index contributed by atoms with van der Waals surface area (Å²) in [5.41, 5.74) is -1.69. The molecule has 7 nitrogen and oxygen atoms in total. The predicted molar refractivity (Wildman–Crippen MR) is 104 cm³/mol. The highest BCUT2D eigenvalue weighted by molar-refractivity contribution is 6.33. The summed E-state index contributed by atoms with van der Waals surface area (Å²) in [4.78, 5) is 53.5. The Morgan fingerprint density at radius 1 is 0.800 bits per heavy atom. The monoisotopic (exact) mass is 406 g/mol. The molecule has 0 spiro atoms. The van der Waals surface area contributed by atoms with E-state index in [2.05, 4.69) is 0 Å². The number of esters is 2. The van der Waals surface area contributed by atoms with E-state index >= 15 is 0 Å². The van der Waals surface area contributed by atoms with Gasteiger partial charge in [0.15, 0.2) is 11.6 Å². The largest absolute Gasteiger partial charge is 0.468 e. The Morgan fingerprint density at radius 3 is 1.90 bits per heavy atom. The molecule has 7 heteroatoms. The third-order valence-corrected chi connectivity index (χ3v) is 5.66. The number of ether oxygens (including phenoxy) is 3. The van der Waals surface area contributed by atoms with Crippen LogP contribution in [0.3, 0.4) is 0 Å². The Labute approximate surface area is 172 Å². The van der Waals surface area contributed by atoms with E-state index < -0.39 is 35.0 Å². The Balaban J connectivity index is 2.20. The van der Waals surface area contributed by atoms with Gasteiger partial charge < -0.3 is 14.2 Å². The molecule has 1 unspecified atom stereocenters. The second kappa shape index (κ2) is 7.03. The highest BCUT2D eigenvalue weighted by Crippen LogP contribution is 2.52. The summed E-state index contributed by atoms with van der Waals surface area (Å²) in [7, 11) is 3.62. The molecule has 0 N–H and O–H groups in total. The SMILES string of the molecule is COC(=O)C1(C(=O)OC)C2=C(C(=O)c3ccccc3C2=O)C(OC)c2ccccc21. The van der Waals surface area contributed by atoms with Gasteiger partial charge in [0, 0.05) is 29.4 Å². The van der Waals surface area contributed by atoms with Crippen molar-refractivity contribution in [1.29, 1.82) is 0 Å². The lowest BCUT2D eigenvalue weighted by Crippen LogP contribution is -2.54. The van der Waals surface area contributed by atoms with Gasteiger partial charge in [-0.3, -0.25) is 19.2 Å². The molecule has 2 aliphatic carbocycles. The standard InChI is InChI=1S/C23H18O7/c1-28-20-14-10-6-7-11-15(14)23(21(26)29-2,22(27)30-3)17-16(20)18(24)12-8-4-5-9-13(12)19(17)25/h4-11,20H,1-3H3. The van der Waals surface area contributed by atoms with Crippen molar-refractivity contribution < 1.29 is 33.4 Å². The zero-order valence-electron chi connectivity index (χ0n) is 16.6. The minimum atomic E-state index is -2.25. The van der Waals surface area contributed by atoms with Crippen LogP contribution in [0.15, 0.2) is 59.7 Å². The number of carbonyl (C=O) groups is 4. The molecule has 4 rings (SSSR count). The lowest BCUT2D eigenvalue weighted by Gasteiger charge is -2.41. The molecular weight excluding hydrogens is 388 g/mol. The Bertz CT molecular complexity index is 1130. The van der Waals surface area contributed by atoms with Gasteiger partial charge in [0.25, 0.3) is 0 Å². The summed E-state index contributed by atoms with van der Waals surface area (Å²) in [5.74, 6) is -3.12. The zero-order valence-corrected chi connectivity index (χ0v) is 16.6. The summed E-state index contributed by atoms with van der Waals surface area (Å²) in [5, 5.41) is 0. The second-order valence-electron chi connectivity index (χ2n) is 6.93. The molecule has 2 aliphatic rings. The van der Waals surface area contributed by atoms with Gasteiger partial charge in [-0.15, -0.1) is 0 Å². The van der Waals surface area contributed by atoms with E-state index in [9.17, 15) is 19.2 Å². The van der Waals surface area contributed by atoms with Gasteiger partial charge in [-0.05, 0) is 11.1 Å². The summed E-state index contributed by atoms with van der Waals surface area (Å²) in [6.07, 6.45) is -0.941. The topological polar surface area (TPSA) is 96.0 Å². The number of carbonyl (C=O) groups excluding carboxylic acids is 4. The highest BCUT2D eigenvalue weighted by atomic mass is 16.5. The first-order valence-electron chi connectivity index (χ1n) is 9.17. The van der Waals surface area contributed by atoms with Crippen molar-refractivity contribution in [3.05, 3.63) is 81.9 Å². The van der Waals surface area contributed by atoms with Gasteiger partial charge >= 0.3 is 11.9 Å². The van der Waals surface area contributed by atoms with E-state index in [1.54, 1.807) is 30.3 Å². The van der Waals surface area contributed by atoms with Crippen LogP contribution < -0.4 is 0 Å². The number of fused-ring (bicyclic) bond motifs is 2. The number of hydrogen-bond donors (Lipinski definition) is 0. The molecule has 0 heterocycles. The molecule has 0 fully saturated rings. The van der Waals surface area contributed by atoms with E-state index in [1.165, 1.54) is 25.3 Å². The lowest BCUT2D eigenvalue weighted by atomic mass is 9.60. The fraction of sp³-hybridized carbons (Fsp3) is 0.217. The van der Waals surface area contributed by atoms with E-state index in [0.29, 0.717) is 5.56 Å². The number of ketones is 2. The maximum Gasteiger partial charge on any atom is 0.332 e. The van der Waals surface area contributed by atoms with Crippen molar-refractivity contribution in [2.45, 2.75) is 11.5 Å². The van der Waals surface area contributed by atoms with Crippen LogP contribution in [0, 0.1) is 0 Å². The van der Waals surface area contributed by atoms with Gasteiger partial charge in [-0.25, -0.2) is 0 Å². The Hall–Kier alpha value is -3.58. The quantitative estimate of drug-likeness (QED) is 0.570. The van der Waals surface area contributed by atoms with Crippen LogP contribution in [0.4, 0.5) is 0 Å². The van der Waals surface area contributed by atoms with Crippen LogP contribution >= 0.6 is 0 Å². The molecular formula is C23H18O7. The maximum absolute atomic E-state index is 13.6. The van der Waals surface area contributed by atoms with Gasteiger partial charge in [0.05, 0.1) is 14.2 Å². The first-order chi connectivity index (χ1) is 14.4. The van der Waals surface area contributed by atoms with Crippen molar-refractivity contribution in [2.75, 3.05) is 21.3 Å². The molecule has 0 saturated carbocycles. The molecule has 152 valence electrons. The van der Waals surface area contributed by atoms with Crippen molar-refractivity contribution >= 4 is 23.5 Å². The number of rotatable bonds is 3. The van der Waals surface area contributed by atoms with Crippen LogP contribution in [0.5, 0.6) is 0 Å². The van der Waals surface area contributed by atoms with E-state index in [-0.39, 0.29) is 27.8 Å². The second-order valence-corrected chi connectivity index (χ2v) is 6.93. The van der Waals surface area contributed by atoms with E-state index in [4.69, 9.17) is 14.2 Å². The van der Waals surface area contributed by atoms with Gasteiger partial charge in [0.1, 0.15) is 6.10 Å². The average Bonchev–Trinajstić information content (AvgIpc) is 2.79. The molecule has 1 atom stereocenters. The molecule has 0 saturated heterocycles. The van der Waals surface area contributed by atoms with Crippen molar-refractivity contribution in [1.82, 2.24) is 0 Å². The van der Waals surface area contributed by atoms with Crippen LogP contribution in [0.25, 0.3) is 0 Å². The van der Waals surface area contributed by atoms with Gasteiger partial charge in [-0.2, -0.15) is 0 Å². The molecule has 0 amide bonds. The van der Waals surface area contributed by atoms with E-state index in [1.807, 2.05) is 0 Å². The third-order valence-electron chi connectivity index (χ3n) is 5.66. The first-order valence-corrected chi connectivity index (χ1v) is 9.17. The molecule has 2 aromatic carbocycles. The lowest BCUT2D eigenvalue weighted by molar-refractivity contribution is -0.159. The molecule has 2 aromatic rings. The fourth-order valence-corrected chi connectivity index (χ4v) is 4.43. The highest BCUT2D eigenvalue weighted by Gasteiger charge is 2.62. The first kappa shape index (κ1) is 19.7. The van der Waals surface area contributed by atoms with Crippen molar-refractivity contribution in [3.63, 3.8) is 0 Å². The minimum absolute atomic E-state index is 0.0595. The Morgan fingerprint density at radius 2 is 1.33 bits per heavy atom.